The number of nitrogens with two attached hydrogens (primary N) is 1. The summed E-state index contributed by atoms with van der Waals surface area (Å²) >= 11 is 6.12. The van der Waals surface area contributed by atoms with Gasteiger partial charge >= 0.3 is 30.2 Å². The maximum atomic E-state index is 14.1. The van der Waals surface area contributed by atoms with E-state index < -0.39 is 66.1 Å². The van der Waals surface area contributed by atoms with Crippen LogP contribution in [0.3, 0.4) is 0 Å². The lowest BCUT2D eigenvalue weighted by Crippen LogP contribution is -2.54. The Hall–Kier alpha value is -5.71. The van der Waals surface area contributed by atoms with Gasteiger partial charge in [0.05, 0.1) is 27.3 Å². The fourth-order valence-corrected chi connectivity index (χ4v) is 7.59. The second-order valence-corrected chi connectivity index (χ2v) is 16.4. The van der Waals surface area contributed by atoms with Crippen LogP contribution in [0.1, 0.15) is 60.7 Å². The number of carbonyl (C=O) groups excluding carboxylic acids is 5. The number of rotatable bonds is 9. The van der Waals surface area contributed by atoms with Crippen LogP contribution in [0.25, 0.3) is 0 Å². The van der Waals surface area contributed by atoms with E-state index in [4.69, 9.17) is 31.5 Å². The van der Waals surface area contributed by atoms with Crippen LogP contribution in [0.2, 0.25) is 5.02 Å². The molecule has 3 aromatic carbocycles. The Labute approximate surface area is 350 Å². The summed E-state index contributed by atoms with van der Waals surface area (Å²) in [6, 6.07) is 15.8. The first-order chi connectivity index (χ1) is 28.4. The summed E-state index contributed by atoms with van der Waals surface area (Å²) < 4.78 is 57.6. The van der Waals surface area contributed by atoms with Crippen molar-refractivity contribution < 1.29 is 51.4 Å². The van der Waals surface area contributed by atoms with Crippen molar-refractivity contribution in [3.63, 3.8) is 0 Å². The number of urea groups is 1. The number of hydrogen-bond acceptors (Lipinski definition) is 10. The maximum Gasteiger partial charge on any atom is 0.418 e. The number of benzene rings is 3. The van der Waals surface area contributed by atoms with Crippen molar-refractivity contribution in [1.29, 1.82) is 0 Å². The number of anilines is 3. The average molecular weight is 857 g/mol. The number of amides is 4. The van der Waals surface area contributed by atoms with Gasteiger partial charge in [0.2, 0.25) is 6.79 Å². The molecule has 60 heavy (non-hydrogen) atoms. The van der Waals surface area contributed by atoms with E-state index in [1.54, 1.807) is 49.9 Å². The van der Waals surface area contributed by atoms with E-state index >= 15 is 0 Å². The summed E-state index contributed by atoms with van der Waals surface area (Å²) in [5, 5.41) is 2.62. The van der Waals surface area contributed by atoms with Crippen molar-refractivity contribution in [1.82, 2.24) is 14.7 Å². The minimum atomic E-state index is -4.83. The van der Waals surface area contributed by atoms with Crippen LogP contribution in [-0.2, 0) is 42.8 Å². The molecule has 0 aromatic heterocycles. The highest BCUT2D eigenvalue weighted by atomic mass is 35.5. The summed E-state index contributed by atoms with van der Waals surface area (Å²) in [5.41, 5.74) is 5.89. The van der Waals surface area contributed by atoms with Crippen molar-refractivity contribution in [2.24, 2.45) is 5.41 Å². The third-order valence-electron chi connectivity index (χ3n) is 10.8. The molecule has 3 aliphatic heterocycles. The number of nitrogens with one attached hydrogen (secondary N) is 1. The van der Waals surface area contributed by atoms with Gasteiger partial charge in [0.15, 0.2) is 6.10 Å². The van der Waals surface area contributed by atoms with Gasteiger partial charge in [0, 0.05) is 69.7 Å². The first-order valence-corrected chi connectivity index (χ1v) is 20.0. The molecule has 4 amide bonds. The predicted octanol–water partition coefficient (Wildman–Crippen LogP) is 6.60. The van der Waals surface area contributed by atoms with Gasteiger partial charge < -0.3 is 44.9 Å². The van der Waals surface area contributed by atoms with E-state index in [-0.39, 0.29) is 54.4 Å². The Bertz CT molecular complexity index is 2080. The van der Waals surface area contributed by atoms with Gasteiger partial charge in [-0.05, 0) is 93.6 Å². The molecule has 14 nitrogen and oxygen atoms in total. The van der Waals surface area contributed by atoms with E-state index in [9.17, 15) is 37.1 Å². The van der Waals surface area contributed by atoms with Crippen molar-refractivity contribution in [2.45, 2.75) is 64.8 Å². The van der Waals surface area contributed by atoms with Crippen LogP contribution >= 0.6 is 11.6 Å². The summed E-state index contributed by atoms with van der Waals surface area (Å²) in [6.45, 7) is 6.57. The summed E-state index contributed by atoms with van der Waals surface area (Å²) in [4.78, 5) is 72.0. The van der Waals surface area contributed by atoms with Gasteiger partial charge in [-0.2, -0.15) is 13.2 Å². The largest absolute Gasteiger partial charge is 0.436 e. The van der Waals surface area contributed by atoms with Crippen LogP contribution < -0.4 is 16.0 Å². The number of fused-ring (bicyclic) bond motifs is 1. The number of alkyl halides is 3. The SMILES string of the molecule is CC(C)(C)C(=O)OCOC(=O)c1ccc(N2CCN(C(=O)[C@@H](Cc3cc(Cl)c(N)c(C(F)(F)F)c3)OC(=O)N3CCC(N4CCc5ccccc5NC4=O)CC3)CC2)cc1. The van der Waals surface area contributed by atoms with Gasteiger partial charge in [0.25, 0.3) is 5.91 Å². The van der Waals surface area contributed by atoms with E-state index in [0.717, 1.165) is 23.0 Å². The number of para-hydroxylation sites is 1. The Morgan fingerprint density at radius 3 is 2.20 bits per heavy atom. The lowest BCUT2D eigenvalue weighted by Gasteiger charge is -2.39. The molecule has 0 spiro atoms. The fraction of sp³-hybridized carbons (Fsp3) is 0.452. The molecule has 0 radical (unpaired) electrons. The van der Waals surface area contributed by atoms with Crippen LogP contribution in [0.15, 0.2) is 60.7 Å². The molecular formula is C42H48ClF3N6O8. The quantitative estimate of drug-likeness (QED) is 0.136. The second kappa shape index (κ2) is 18.3. The lowest BCUT2D eigenvalue weighted by molar-refractivity contribution is -0.161. The van der Waals surface area contributed by atoms with Crippen molar-refractivity contribution >= 4 is 58.6 Å². The molecular weight excluding hydrogens is 809 g/mol. The summed E-state index contributed by atoms with van der Waals surface area (Å²) in [7, 11) is 0. The molecule has 322 valence electrons. The van der Waals surface area contributed by atoms with Crippen LogP contribution in [0.4, 0.5) is 39.8 Å². The number of halogens is 4. The Morgan fingerprint density at radius 1 is 0.883 bits per heavy atom. The lowest BCUT2D eigenvalue weighted by atomic mass is 9.98. The molecule has 0 aliphatic carbocycles. The van der Waals surface area contributed by atoms with Crippen LogP contribution in [0, 0.1) is 5.41 Å². The predicted molar refractivity (Wildman–Crippen MR) is 216 cm³/mol. The molecule has 6 rings (SSSR count). The van der Waals surface area contributed by atoms with Crippen LogP contribution in [-0.4, -0.2) is 109 Å². The molecule has 3 heterocycles. The number of esters is 2. The minimum Gasteiger partial charge on any atom is -0.436 e. The highest BCUT2D eigenvalue weighted by Gasteiger charge is 2.38. The highest BCUT2D eigenvalue weighted by Crippen LogP contribution is 2.38. The zero-order chi connectivity index (χ0) is 43.4. The summed E-state index contributed by atoms with van der Waals surface area (Å²) in [6.07, 6.45) is -5.94. The zero-order valence-electron chi connectivity index (χ0n) is 33.6. The van der Waals surface area contributed by atoms with E-state index in [2.05, 4.69) is 5.32 Å². The van der Waals surface area contributed by atoms with Crippen molar-refractivity contribution in [3.05, 3.63) is 87.9 Å². The summed E-state index contributed by atoms with van der Waals surface area (Å²) in [5.74, 6) is -1.78. The number of piperazine rings is 1. The first-order valence-electron chi connectivity index (χ1n) is 19.6. The van der Waals surface area contributed by atoms with Gasteiger partial charge in [-0.1, -0.05) is 29.8 Å². The second-order valence-electron chi connectivity index (χ2n) is 16.0. The van der Waals surface area contributed by atoms with Crippen molar-refractivity contribution in [2.75, 3.05) is 68.6 Å². The van der Waals surface area contributed by atoms with Crippen LogP contribution in [0.5, 0.6) is 0 Å². The molecule has 3 N–H and O–H groups in total. The van der Waals surface area contributed by atoms with Gasteiger partial charge in [0.1, 0.15) is 0 Å². The van der Waals surface area contributed by atoms with Gasteiger partial charge in [-0.3, -0.25) is 9.59 Å². The maximum absolute atomic E-state index is 14.1. The third kappa shape index (κ3) is 10.5. The molecule has 3 aliphatic rings. The number of hydrogen-bond donors (Lipinski definition) is 2. The molecule has 0 saturated carbocycles. The standard InChI is InChI=1S/C42H48ClF3N6O8/c1-41(2,3)38(55)59-25-58-37(54)28-8-10-29(11-9-28)49-18-20-50(21-19-49)36(53)34(24-26-22-31(42(44,45)46)35(47)32(43)23-26)60-40(57)51-15-13-30(14-16-51)52-17-12-27-6-4-5-7-33(27)48-39(52)56/h4-11,22-23,30,34H,12-21,24-25,47H2,1-3H3,(H,48,56)/t34-/m1/s1. The molecule has 18 heteroatoms. The fourth-order valence-electron chi connectivity index (χ4n) is 7.35. The number of nitrogen functional groups attached to an aromatic ring is 1. The number of likely N-dealkylation sites (tertiary alicyclic amines) is 1. The van der Waals surface area contributed by atoms with Gasteiger partial charge in [-0.15, -0.1) is 0 Å². The zero-order valence-corrected chi connectivity index (χ0v) is 34.3. The molecule has 0 bridgehead atoms. The van der Waals surface area contributed by atoms with E-state index in [1.807, 2.05) is 29.2 Å². The topological polar surface area (TPSA) is 164 Å². The Kier molecular flexibility index (Phi) is 13.4. The van der Waals surface area contributed by atoms with E-state index in [0.29, 0.717) is 38.9 Å². The average Bonchev–Trinajstić information content (AvgIpc) is 3.38. The smallest absolute Gasteiger partial charge is 0.418 e. The van der Waals surface area contributed by atoms with E-state index in [1.165, 1.54) is 15.9 Å². The Morgan fingerprint density at radius 2 is 1.55 bits per heavy atom. The normalized spacial score (nSPS) is 16.9. The minimum absolute atomic E-state index is 0.00386. The molecule has 2 saturated heterocycles. The molecule has 3 aromatic rings. The number of ether oxygens (including phenoxy) is 3. The monoisotopic (exact) mass is 856 g/mol. The van der Waals surface area contributed by atoms with Crippen molar-refractivity contribution in [3.8, 4) is 0 Å². The highest BCUT2D eigenvalue weighted by molar-refractivity contribution is 6.33. The molecule has 1 atom stereocenters. The first kappa shape index (κ1) is 43.9. The molecule has 2 fully saturated rings. The Balaban J connectivity index is 1.09. The molecule has 0 unspecified atom stereocenters. The third-order valence-corrected chi connectivity index (χ3v) is 11.1. The number of nitrogens with zero attached hydrogens (tertiary/aromatic N) is 4. The van der Waals surface area contributed by atoms with Gasteiger partial charge in [-0.25, -0.2) is 14.4 Å². The number of piperidine rings is 1. The number of carbonyl (C=O) groups is 5.